The monoisotopic (exact) mass is 418 g/mol. The van der Waals surface area contributed by atoms with Gasteiger partial charge < -0.3 is 15.2 Å². The maximum atomic E-state index is 12.1. The topological polar surface area (TPSA) is 95.9 Å². The van der Waals surface area contributed by atoms with Gasteiger partial charge in [0.1, 0.15) is 0 Å². The number of halogens is 1. The number of carbonyl (C=O) groups is 3. The lowest BCUT2D eigenvalue weighted by Gasteiger charge is -2.26. The lowest BCUT2D eigenvalue weighted by molar-refractivity contribution is -0.165. The van der Waals surface area contributed by atoms with Crippen LogP contribution in [-0.2, 0) is 20.9 Å². The fourth-order valence-corrected chi connectivity index (χ4v) is 2.77. The summed E-state index contributed by atoms with van der Waals surface area (Å²) in [6, 6.07) is 15.8. The van der Waals surface area contributed by atoms with E-state index in [2.05, 4.69) is 5.32 Å². The van der Waals surface area contributed by atoms with Gasteiger partial charge in [-0.15, -0.1) is 0 Å². The molecule has 0 aliphatic carbocycles. The van der Waals surface area contributed by atoms with Crippen molar-refractivity contribution in [3.8, 4) is 0 Å². The summed E-state index contributed by atoms with van der Waals surface area (Å²) in [5, 5.41) is 12.6. The van der Waals surface area contributed by atoms with Gasteiger partial charge in [0.05, 0.1) is 0 Å². The molecule has 0 radical (unpaired) electrons. The number of nitrogens with zero attached hydrogens (tertiary/aromatic N) is 1. The minimum absolute atomic E-state index is 0.0121. The number of hydrogen-bond acceptors (Lipinski definition) is 5. The Bertz CT molecular complexity index is 814. The van der Waals surface area contributed by atoms with Crippen LogP contribution in [0.2, 0.25) is 5.02 Å². The van der Waals surface area contributed by atoms with Crippen LogP contribution in [-0.4, -0.2) is 54.1 Å². The zero-order valence-corrected chi connectivity index (χ0v) is 16.7. The molecule has 2 aromatic carbocycles. The molecule has 0 spiro atoms. The van der Waals surface area contributed by atoms with Gasteiger partial charge in [0, 0.05) is 30.1 Å². The Hall–Kier alpha value is -2.74. The quantitative estimate of drug-likeness (QED) is 0.430. The smallest absolute Gasteiger partial charge is 0.332 e. The molecule has 2 rings (SSSR count). The zero-order chi connectivity index (χ0) is 21.2. The molecule has 1 amide bonds. The van der Waals surface area contributed by atoms with Gasteiger partial charge in [0.25, 0.3) is 5.91 Å². The molecule has 0 aliphatic heterocycles. The summed E-state index contributed by atoms with van der Waals surface area (Å²) in [5.74, 6) is -1.55. The van der Waals surface area contributed by atoms with Gasteiger partial charge in [-0.3, -0.25) is 14.5 Å². The van der Waals surface area contributed by atoms with Crippen molar-refractivity contribution in [2.75, 3.05) is 13.6 Å². The number of carboxylic acids is 1. The molecule has 0 aromatic heterocycles. The SMILES string of the molecule is CN(Cc1ccccc1)C(C=O)OC(CCNC(=O)c1ccc(Cl)cc1)C(=O)O. The molecule has 29 heavy (non-hydrogen) atoms. The van der Waals surface area contributed by atoms with Gasteiger partial charge in [0.2, 0.25) is 0 Å². The summed E-state index contributed by atoms with van der Waals surface area (Å²) in [5.41, 5.74) is 1.38. The summed E-state index contributed by atoms with van der Waals surface area (Å²) in [7, 11) is 1.67. The van der Waals surface area contributed by atoms with Crippen molar-refractivity contribution in [1.29, 1.82) is 0 Å². The number of hydrogen-bond donors (Lipinski definition) is 2. The van der Waals surface area contributed by atoms with E-state index in [0.717, 1.165) is 5.56 Å². The van der Waals surface area contributed by atoms with E-state index in [-0.39, 0.29) is 18.9 Å². The summed E-state index contributed by atoms with van der Waals surface area (Å²) in [6.45, 7) is 0.496. The van der Waals surface area contributed by atoms with E-state index < -0.39 is 18.3 Å². The maximum absolute atomic E-state index is 12.1. The molecule has 2 aromatic rings. The van der Waals surface area contributed by atoms with Gasteiger partial charge in [0.15, 0.2) is 18.6 Å². The normalized spacial score (nSPS) is 12.9. The van der Waals surface area contributed by atoms with Crippen LogP contribution in [0.5, 0.6) is 0 Å². The van der Waals surface area contributed by atoms with E-state index >= 15 is 0 Å². The molecule has 0 saturated heterocycles. The molecule has 0 bridgehead atoms. The fourth-order valence-electron chi connectivity index (χ4n) is 2.64. The molecule has 7 nitrogen and oxygen atoms in total. The largest absolute Gasteiger partial charge is 0.479 e. The third-order valence-corrected chi connectivity index (χ3v) is 4.46. The summed E-state index contributed by atoms with van der Waals surface area (Å²) < 4.78 is 5.49. The van der Waals surface area contributed by atoms with Gasteiger partial charge in [-0.05, 0) is 36.9 Å². The Morgan fingerprint density at radius 1 is 1.17 bits per heavy atom. The first-order valence-corrected chi connectivity index (χ1v) is 9.40. The van der Waals surface area contributed by atoms with Crippen LogP contribution in [0.25, 0.3) is 0 Å². The zero-order valence-electron chi connectivity index (χ0n) is 16.0. The number of rotatable bonds is 11. The minimum Gasteiger partial charge on any atom is -0.479 e. The first-order chi connectivity index (χ1) is 13.9. The average molecular weight is 419 g/mol. The van der Waals surface area contributed by atoms with Crippen molar-refractivity contribution >= 4 is 29.8 Å². The third kappa shape index (κ3) is 7.30. The number of aldehydes is 1. The highest BCUT2D eigenvalue weighted by Gasteiger charge is 2.25. The molecule has 2 unspecified atom stereocenters. The molecule has 0 heterocycles. The van der Waals surface area contributed by atoms with E-state index in [1.165, 1.54) is 0 Å². The van der Waals surface area contributed by atoms with Crippen LogP contribution in [0, 0.1) is 0 Å². The molecule has 0 aliphatic rings. The minimum atomic E-state index is -1.24. The Morgan fingerprint density at radius 2 is 1.83 bits per heavy atom. The average Bonchev–Trinajstić information content (AvgIpc) is 2.71. The lowest BCUT2D eigenvalue weighted by Crippen LogP contribution is -2.41. The molecule has 2 atom stereocenters. The van der Waals surface area contributed by atoms with Crippen molar-refractivity contribution in [3.63, 3.8) is 0 Å². The second-order valence-corrected chi connectivity index (χ2v) is 6.88. The van der Waals surface area contributed by atoms with Crippen LogP contribution in [0.1, 0.15) is 22.3 Å². The second-order valence-electron chi connectivity index (χ2n) is 6.44. The Morgan fingerprint density at radius 3 is 2.41 bits per heavy atom. The summed E-state index contributed by atoms with van der Waals surface area (Å²) in [6.07, 6.45) is -1.69. The van der Waals surface area contributed by atoms with Crippen molar-refractivity contribution in [1.82, 2.24) is 10.2 Å². The van der Waals surface area contributed by atoms with Crippen LogP contribution in [0.15, 0.2) is 54.6 Å². The predicted octanol–water partition coefficient (Wildman–Crippen LogP) is 2.59. The molecule has 154 valence electrons. The van der Waals surface area contributed by atoms with Crippen molar-refractivity contribution in [3.05, 3.63) is 70.7 Å². The van der Waals surface area contributed by atoms with Gasteiger partial charge in [-0.1, -0.05) is 41.9 Å². The first-order valence-electron chi connectivity index (χ1n) is 9.02. The Balaban J connectivity index is 1.88. The van der Waals surface area contributed by atoms with E-state index in [0.29, 0.717) is 23.4 Å². The first kappa shape index (κ1) is 22.5. The van der Waals surface area contributed by atoms with Crippen molar-refractivity contribution < 1.29 is 24.2 Å². The van der Waals surface area contributed by atoms with Crippen LogP contribution >= 0.6 is 11.6 Å². The van der Waals surface area contributed by atoms with E-state index in [9.17, 15) is 19.5 Å². The third-order valence-electron chi connectivity index (χ3n) is 4.20. The number of carboxylic acid groups (broad SMARTS) is 1. The van der Waals surface area contributed by atoms with Gasteiger partial charge in [-0.25, -0.2) is 4.79 Å². The molecule has 0 saturated carbocycles. The molecule has 0 fully saturated rings. The van der Waals surface area contributed by atoms with Crippen LogP contribution in [0.4, 0.5) is 0 Å². The summed E-state index contributed by atoms with van der Waals surface area (Å²) >= 11 is 5.79. The van der Waals surface area contributed by atoms with E-state index in [1.807, 2.05) is 30.3 Å². The molecule has 8 heteroatoms. The highest BCUT2D eigenvalue weighted by atomic mass is 35.5. The fraction of sp³-hybridized carbons (Fsp3) is 0.286. The number of carbonyl (C=O) groups excluding carboxylic acids is 2. The van der Waals surface area contributed by atoms with Crippen molar-refractivity contribution in [2.45, 2.75) is 25.3 Å². The van der Waals surface area contributed by atoms with E-state index in [4.69, 9.17) is 16.3 Å². The van der Waals surface area contributed by atoms with Gasteiger partial charge >= 0.3 is 5.97 Å². The maximum Gasteiger partial charge on any atom is 0.332 e. The Labute approximate surface area is 174 Å². The number of ether oxygens (including phenoxy) is 1. The Kier molecular flexibility index (Phi) is 8.79. The second kappa shape index (κ2) is 11.3. The number of likely N-dealkylation sites (N-methyl/N-ethyl adjacent to an activating group) is 1. The molecular weight excluding hydrogens is 396 g/mol. The summed E-state index contributed by atoms with van der Waals surface area (Å²) in [4.78, 5) is 36.7. The molecule has 2 N–H and O–H groups in total. The van der Waals surface area contributed by atoms with Crippen LogP contribution < -0.4 is 5.32 Å². The highest BCUT2D eigenvalue weighted by molar-refractivity contribution is 6.30. The van der Waals surface area contributed by atoms with Gasteiger partial charge in [-0.2, -0.15) is 0 Å². The molecular formula is C21H23ClN2O5. The standard InChI is InChI=1S/C21H23ClN2O5/c1-24(13-15-5-3-2-4-6-15)19(14-25)29-18(21(27)28)11-12-23-20(26)16-7-9-17(22)10-8-16/h2-10,14,18-19H,11-13H2,1H3,(H,23,26)(H,27,28). The number of amides is 1. The predicted molar refractivity (Wildman–Crippen MR) is 109 cm³/mol. The number of nitrogens with one attached hydrogen (secondary N) is 1. The number of aliphatic carboxylic acids is 1. The van der Waals surface area contributed by atoms with E-state index in [1.54, 1.807) is 36.2 Å². The number of benzene rings is 2. The van der Waals surface area contributed by atoms with Crippen LogP contribution in [0.3, 0.4) is 0 Å². The highest BCUT2D eigenvalue weighted by Crippen LogP contribution is 2.11. The lowest BCUT2D eigenvalue weighted by atomic mass is 10.2. The van der Waals surface area contributed by atoms with Crippen molar-refractivity contribution in [2.24, 2.45) is 0 Å².